The van der Waals surface area contributed by atoms with Crippen LogP contribution >= 0.6 is 0 Å². The van der Waals surface area contributed by atoms with Gasteiger partial charge in [-0.15, -0.1) is 0 Å². The van der Waals surface area contributed by atoms with Crippen molar-refractivity contribution in [1.29, 1.82) is 0 Å². The molecule has 0 aliphatic carbocycles. The number of sulfone groups is 1. The van der Waals surface area contributed by atoms with E-state index in [0.29, 0.717) is 29.0 Å². The predicted octanol–water partition coefficient (Wildman–Crippen LogP) is 1.22. The molecular weight excluding hydrogens is 434 g/mol. The van der Waals surface area contributed by atoms with Gasteiger partial charge in [-0.3, -0.25) is 14.4 Å². The largest absolute Gasteiger partial charge is 0.487 e. The molecular formula is C22H23N3O6S. The Morgan fingerprint density at radius 3 is 2.41 bits per heavy atom. The lowest BCUT2D eigenvalue weighted by atomic mass is 10.2. The summed E-state index contributed by atoms with van der Waals surface area (Å²) in [6, 6.07) is 11.4. The summed E-state index contributed by atoms with van der Waals surface area (Å²) in [7, 11) is -0.932. The molecule has 1 aliphatic rings. The second-order valence-electron chi connectivity index (χ2n) is 7.85. The maximum atomic E-state index is 13.0. The summed E-state index contributed by atoms with van der Waals surface area (Å²) in [4.78, 5) is 38.5. The minimum absolute atomic E-state index is 0.0119. The molecule has 0 radical (unpaired) electrons. The van der Waals surface area contributed by atoms with E-state index < -0.39 is 21.0 Å². The summed E-state index contributed by atoms with van der Waals surface area (Å²) in [5.74, 6) is -0.111. The zero-order valence-electron chi connectivity index (χ0n) is 17.9. The Balaban J connectivity index is 1.60. The minimum atomic E-state index is -3.81. The Labute approximate surface area is 184 Å². The molecule has 0 N–H and O–H groups in total. The van der Waals surface area contributed by atoms with Crippen LogP contribution in [0, 0.1) is 0 Å². The number of hydrogen-bond acceptors (Lipinski definition) is 6. The van der Waals surface area contributed by atoms with Gasteiger partial charge in [0.15, 0.2) is 9.84 Å². The number of benzene rings is 2. The highest BCUT2D eigenvalue weighted by Crippen LogP contribution is 2.33. The summed E-state index contributed by atoms with van der Waals surface area (Å²) >= 11 is 0. The highest BCUT2D eigenvalue weighted by atomic mass is 32.2. The van der Waals surface area contributed by atoms with E-state index in [0.717, 1.165) is 4.57 Å². The third-order valence-corrected chi connectivity index (χ3v) is 7.34. The van der Waals surface area contributed by atoms with Gasteiger partial charge in [-0.1, -0.05) is 12.1 Å². The van der Waals surface area contributed by atoms with Gasteiger partial charge in [0.2, 0.25) is 5.91 Å². The van der Waals surface area contributed by atoms with E-state index in [4.69, 9.17) is 4.74 Å². The maximum Gasteiger partial charge on any atom is 0.316 e. The summed E-state index contributed by atoms with van der Waals surface area (Å²) in [6.45, 7) is 2.18. The lowest BCUT2D eigenvalue weighted by Crippen LogP contribution is -2.42. The van der Waals surface area contributed by atoms with Gasteiger partial charge < -0.3 is 18.8 Å². The zero-order valence-corrected chi connectivity index (χ0v) is 18.8. The molecule has 1 atom stereocenters. The standard InChI is InChI=1S/C22H23N3O6S/c1-14-13-25(17-6-4-5-7-19(17)31-14)20(26)10-11-32(29,30)15-8-9-16-18(12-15)24(3)22(28)21(27)23(16)2/h4-9,12,14H,10-11,13H2,1-3H3/t14-/m1/s1. The fourth-order valence-corrected chi connectivity index (χ4v) is 5.10. The highest BCUT2D eigenvalue weighted by molar-refractivity contribution is 7.91. The molecule has 9 nitrogen and oxygen atoms in total. The van der Waals surface area contributed by atoms with Crippen LogP contribution < -0.4 is 20.8 Å². The zero-order chi connectivity index (χ0) is 23.2. The third-order valence-electron chi connectivity index (χ3n) is 5.63. The summed E-state index contributed by atoms with van der Waals surface area (Å²) in [5, 5.41) is 0. The first-order valence-electron chi connectivity index (χ1n) is 10.1. The average molecular weight is 458 g/mol. The van der Waals surface area contributed by atoms with E-state index in [-0.39, 0.29) is 29.1 Å². The van der Waals surface area contributed by atoms with Crippen molar-refractivity contribution in [3.8, 4) is 5.75 Å². The van der Waals surface area contributed by atoms with Crippen LogP contribution in [0.25, 0.3) is 11.0 Å². The first kappa shape index (κ1) is 21.8. The van der Waals surface area contributed by atoms with E-state index in [1.807, 2.05) is 13.0 Å². The van der Waals surface area contributed by atoms with Gasteiger partial charge in [0.1, 0.15) is 11.9 Å². The number of para-hydroxylation sites is 2. The molecule has 2 aromatic carbocycles. The number of aromatic nitrogens is 2. The van der Waals surface area contributed by atoms with Crippen molar-refractivity contribution in [2.45, 2.75) is 24.3 Å². The lowest BCUT2D eigenvalue weighted by molar-refractivity contribution is -0.118. The van der Waals surface area contributed by atoms with Crippen molar-refractivity contribution < 1.29 is 17.9 Å². The molecule has 0 fully saturated rings. The van der Waals surface area contributed by atoms with Crippen LogP contribution in [0.4, 0.5) is 5.69 Å². The molecule has 0 saturated heterocycles. The molecule has 0 saturated carbocycles. The quantitative estimate of drug-likeness (QED) is 0.545. The van der Waals surface area contributed by atoms with Crippen molar-refractivity contribution in [3.05, 3.63) is 63.2 Å². The molecule has 3 aromatic rings. The second-order valence-corrected chi connectivity index (χ2v) is 9.96. The van der Waals surface area contributed by atoms with Crippen molar-refractivity contribution in [2.24, 2.45) is 14.1 Å². The van der Waals surface area contributed by atoms with Crippen LogP contribution in [0.5, 0.6) is 5.75 Å². The molecule has 0 spiro atoms. The van der Waals surface area contributed by atoms with Crippen molar-refractivity contribution in [3.63, 3.8) is 0 Å². The van der Waals surface area contributed by atoms with E-state index in [2.05, 4.69) is 0 Å². The Hall–Kier alpha value is -3.40. The first-order chi connectivity index (χ1) is 15.1. The molecule has 32 heavy (non-hydrogen) atoms. The number of carbonyl (C=O) groups is 1. The van der Waals surface area contributed by atoms with Gasteiger partial charge in [0, 0.05) is 20.5 Å². The Morgan fingerprint density at radius 2 is 1.69 bits per heavy atom. The van der Waals surface area contributed by atoms with Crippen LogP contribution in [0.2, 0.25) is 0 Å². The number of carbonyl (C=O) groups excluding carboxylic acids is 1. The number of hydrogen-bond donors (Lipinski definition) is 0. The van der Waals surface area contributed by atoms with E-state index in [1.165, 1.54) is 36.9 Å². The fourth-order valence-electron chi connectivity index (χ4n) is 3.85. The SMILES string of the molecule is C[C@@H]1CN(C(=O)CCS(=O)(=O)c2ccc3c(c2)n(C)c(=O)c(=O)n3C)c2ccccc2O1. The van der Waals surface area contributed by atoms with Gasteiger partial charge in [-0.2, -0.15) is 0 Å². The van der Waals surface area contributed by atoms with Crippen LogP contribution in [0.1, 0.15) is 13.3 Å². The summed E-state index contributed by atoms with van der Waals surface area (Å²) in [5.41, 5.74) is -0.0628. The number of fused-ring (bicyclic) bond motifs is 2. The number of aryl methyl sites for hydroxylation is 2. The van der Waals surface area contributed by atoms with E-state index in [1.54, 1.807) is 23.1 Å². The molecule has 168 valence electrons. The minimum Gasteiger partial charge on any atom is -0.487 e. The first-order valence-corrected chi connectivity index (χ1v) is 11.7. The predicted molar refractivity (Wildman–Crippen MR) is 120 cm³/mol. The van der Waals surface area contributed by atoms with Gasteiger partial charge in [-0.05, 0) is 37.3 Å². The molecule has 10 heteroatoms. The highest BCUT2D eigenvalue weighted by Gasteiger charge is 2.28. The average Bonchev–Trinajstić information content (AvgIpc) is 2.78. The molecule has 1 aromatic heterocycles. The number of nitrogens with zero attached hydrogens (tertiary/aromatic N) is 3. The lowest BCUT2D eigenvalue weighted by Gasteiger charge is -2.33. The molecule has 1 aliphatic heterocycles. The Bertz CT molecular complexity index is 1450. The Morgan fingerprint density at radius 1 is 1.03 bits per heavy atom. The number of rotatable bonds is 4. The fraction of sp³-hybridized carbons (Fsp3) is 0.318. The van der Waals surface area contributed by atoms with Crippen LogP contribution in [0.15, 0.2) is 56.9 Å². The second kappa shape index (κ2) is 7.94. The maximum absolute atomic E-state index is 13.0. The normalized spacial score (nSPS) is 16.0. The van der Waals surface area contributed by atoms with Crippen LogP contribution in [0.3, 0.4) is 0 Å². The van der Waals surface area contributed by atoms with Crippen molar-refractivity contribution in [2.75, 3.05) is 17.2 Å². The Kier molecular flexibility index (Phi) is 5.41. The molecule has 4 rings (SSSR count). The molecule has 2 heterocycles. The van der Waals surface area contributed by atoms with Gasteiger partial charge in [0.05, 0.1) is 33.9 Å². The van der Waals surface area contributed by atoms with Crippen molar-refractivity contribution >= 4 is 32.5 Å². The van der Waals surface area contributed by atoms with Crippen LogP contribution in [-0.4, -0.2) is 41.9 Å². The molecule has 0 unspecified atom stereocenters. The van der Waals surface area contributed by atoms with Gasteiger partial charge >= 0.3 is 11.1 Å². The monoisotopic (exact) mass is 457 g/mol. The van der Waals surface area contributed by atoms with Crippen LogP contribution in [-0.2, 0) is 28.7 Å². The van der Waals surface area contributed by atoms with Gasteiger partial charge in [-0.25, -0.2) is 8.42 Å². The smallest absolute Gasteiger partial charge is 0.316 e. The third kappa shape index (κ3) is 3.70. The number of anilines is 1. The van der Waals surface area contributed by atoms with Gasteiger partial charge in [0.25, 0.3) is 0 Å². The van der Waals surface area contributed by atoms with E-state index in [9.17, 15) is 22.8 Å². The molecule has 1 amide bonds. The topological polar surface area (TPSA) is 108 Å². The number of ether oxygens (including phenoxy) is 1. The summed E-state index contributed by atoms with van der Waals surface area (Å²) < 4.78 is 34.0. The van der Waals surface area contributed by atoms with Crippen molar-refractivity contribution in [1.82, 2.24) is 9.13 Å². The number of amides is 1. The molecule has 0 bridgehead atoms. The van der Waals surface area contributed by atoms with E-state index >= 15 is 0 Å². The summed E-state index contributed by atoms with van der Waals surface area (Å²) in [6.07, 6.45) is -0.410.